The lowest BCUT2D eigenvalue weighted by molar-refractivity contribution is 0.0741. The molecule has 0 unspecified atom stereocenters. The second kappa shape index (κ2) is 7.48. The van der Waals surface area contributed by atoms with Gasteiger partial charge in [0.05, 0.1) is 5.56 Å². The predicted octanol–water partition coefficient (Wildman–Crippen LogP) is 4.22. The quantitative estimate of drug-likeness (QED) is 0.776. The van der Waals surface area contributed by atoms with Crippen molar-refractivity contribution in [3.8, 4) is 0 Å². The molecule has 3 nitrogen and oxygen atoms in total. The zero-order valence-electron chi connectivity index (χ0n) is 13.6. The standard InChI is InChI=1S/C18H28N2O/c1-4-6-12-20(15-8-9-15)18(21)16-10-7-14(3)13-17(16)19-11-5-2/h7,10,13,15,19H,4-6,8-9,11-12H2,1-3H3. The Balaban J connectivity index is 2.19. The van der Waals surface area contributed by atoms with Crippen LogP contribution in [-0.4, -0.2) is 29.9 Å². The molecule has 0 aliphatic heterocycles. The summed E-state index contributed by atoms with van der Waals surface area (Å²) in [6, 6.07) is 6.59. The van der Waals surface area contributed by atoms with Crippen LogP contribution in [0.4, 0.5) is 5.69 Å². The topological polar surface area (TPSA) is 32.3 Å². The van der Waals surface area contributed by atoms with Crippen LogP contribution < -0.4 is 5.32 Å². The lowest BCUT2D eigenvalue weighted by atomic mass is 10.1. The SMILES string of the molecule is CCCCN(C(=O)c1ccc(C)cc1NCCC)C1CC1. The second-order valence-electron chi connectivity index (χ2n) is 6.06. The molecular formula is C18H28N2O. The highest BCUT2D eigenvalue weighted by Crippen LogP contribution is 2.30. The van der Waals surface area contributed by atoms with Crippen LogP contribution in [0.2, 0.25) is 0 Å². The number of carbonyl (C=O) groups excluding carboxylic acids is 1. The first kappa shape index (κ1) is 15.9. The van der Waals surface area contributed by atoms with Gasteiger partial charge in [0.25, 0.3) is 5.91 Å². The van der Waals surface area contributed by atoms with Gasteiger partial charge < -0.3 is 10.2 Å². The van der Waals surface area contributed by atoms with Crippen LogP contribution in [0.3, 0.4) is 0 Å². The summed E-state index contributed by atoms with van der Waals surface area (Å²) in [6.07, 6.45) is 5.61. The summed E-state index contributed by atoms with van der Waals surface area (Å²) in [7, 11) is 0. The second-order valence-corrected chi connectivity index (χ2v) is 6.06. The minimum Gasteiger partial charge on any atom is -0.384 e. The number of hydrogen-bond donors (Lipinski definition) is 1. The van der Waals surface area contributed by atoms with Gasteiger partial charge in [-0.2, -0.15) is 0 Å². The van der Waals surface area contributed by atoms with E-state index in [1.54, 1.807) is 0 Å². The van der Waals surface area contributed by atoms with E-state index in [9.17, 15) is 4.79 Å². The van der Waals surface area contributed by atoms with E-state index in [0.29, 0.717) is 6.04 Å². The fourth-order valence-corrected chi connectivity index (χ4v) is 2.57. The van der Waals surface area contributed by atoms with Gasteiger partial charge in [0.15, 0.2) is 0 Å². The number of nitrogens with zero attached hydrogens (tertiary/aromatic N) is 1. The number of aryl methyl sites for hydroxylation is 1. The number of carbonyl (C=O) groups is 1. The van der Waals surface area contributed by atoms with Crippen molar-refractivity contribution in [2.24, 2.45) is 0 Å². The van der Waals surface area contributed by atoms with Gasteiger partial charge in [-0.25, -0.2) is 0 Å². The number of unbranched alkanes of at least 4 members (excludes halogenated alkanes) is 1. The van der Waals surface area contributed by atoms with Crippen LogP contribution in [0.1, 0.15) is 61.9 Å². The highest BCUT2D eigenvalue weighted by Gasteiger charge is 2.33. The molecule has 0 heterocycles. The van der Waals surface area contributed by atoms with E-state index in [1.807, 2.05) is 12.1 Å². The molecule has 0 spiro atoms. The minimum absolute atomic E-state index is 0.199. The minimum atomic E-state index is 0.199. The molecule has 0 bridgehead atoms. The van der Waals surface area contributed by atoms with Crippen LogP contribution in [0.5, 0.6) is 0 Å². The lowest BCUT2D eigenvalue weighted by Crippen LogP contribution is -2.34. The van der Waals surface area contributed by atoms with Gasteiger partial charge in [-0.1, -0.05) is 26.3 Å². The maximum absolute atomic E-state index is 12.9. The van der Waals surface area contributed by atoms with Gasteiger partial charge in [0, 0.05) is 24.8 Å². The maximum Gasteiger partial charge on any atom is 0.256 e. The number of rotatable bonds is 8. The highest BCUT2D eigenvalue weighted by molar-refractivity contribution is 6.00. The fourth-order valence-electron chi connectivity index (χ4n) is 2.57. The molecule has 1 aliphatic carbocycles. The summed E-state index contributed by atoms with van der Waals surface area (Å²) in [5.41, 5.74) is 3.01. The van der Waals surface area contributed by atoms with Crippen molar-refractivity contribution in [3.05, 3.63) is 29.3 Å². The normalized spacial score (nSPS) is 14.0. The van der Waals surface area contributed by atoms with Gasteiger partial charge in [-0.15, -0.1) is 0 Å². The number of anilines is 1. The van der Waals surface area contributed by atoms with Crippen molar-refractivity contribution < 1.29 is 4.79 Å². The Bertz CT molecular complexity index is 480. The summed E-state index contributed by atoms with van der Waals surface area (Å²) in [5.74, 6) is 0.199. The van der Waals surface area contributed by atoms with Crippen LogP contribution in [0.25, 0.3) is 0 Å². The number of amides is 1. The van der Waals surface area contributed by atoms with Gasteiger partial charge in [0.2, 0.25) is 0 Å². The van der Waals surface area contributed by atoms with E-state index in [1.165, 1.54) is 18.4 Å². The molecule has 1 saturated carbocycles. The molecule has 1 fully saturated rings. The predicted molar refractivity (Wildman–Crippen MR) is 88.9 cm³/mol. The van der Waals surface area contributed by atoms with E-state index < -0.39 is 0 Å². The van der Waals surface area contributed by atoms with Gasteiger partial charge in [0.1, 0.15) is 0 Å². The van der Waals surface area contributed by atoms with Crippen LogP contribution >= 0.6 is 0 Å². The van der Waals surface area contributed by atoms with Gasteiger partial charge in [-0.05, 0) is 50.3 Å². The molecule has 2 rings (SSSR count). The molecule has 1 N–H and O–H groups in total. The molecule has 116 valence electrons. The molecular weight excluding hydrogens is 260 g/mol. The molecule has 0 aromatic heterocycles. The Morgan fingerprint density at radius 3 is 2.67 bits per heavy atom. The third-order valence-electron chi connectivity index (χ3n) is 3.97. The Labute approximate surface area is 128 Å². The van der Waals surface area contributed by atoms with Crippen LogP contribution in [0, 0.1) is 6.92 Å². The largest absolute Gasteiger partial charge is 0.384 e. The molecule has 1 aliphatic rings. The average Bonchev–Trinajstić information content (AvgIpc) is 3.30. The zero-order chi connectivity index (χ0) is 15.2. The molecule has 21 heavy (non-hydrogen) atoms. The number of nitrogens with one attached hydrogen (secondary N) is 1. The van der Waals surface area contributed by atoms with Crippen molar-refractivity contribution in [1.82, 2.24) is 4.90 Å². The van der Waals surface area contributed by atoms with Crippen molar-refractivity contribution in [1.29, 1.82) is 0 Å². The summed E-state index contributed by atoms with van der Waals surface area (Å²) in [5, 5.41) is 3.41. The van der Waals surface area contributed by atoms with Gasteiger partial charge in [-0.3, -0.25) is 4.79 Å². The van der Waals surface area contributed by atoms with E-state index in [2.05, 4.69) is 37.1 Å². The Morgan fingerprint density at radius 2 is 2.05 bits per heavy atom. The summed E-state index contributed by atoms with van der Waals surface area (Å²) in [4.78, 5) is 15.0. The van der Waals surface area contributed by atoms with E-state index in [-0.39, 0.29) is 5.91 Å². The van der Waals surface area contributed by atoms with E-state index in [4.69, 9.17) is 0 Å². The first-order valence-corrected chi connectivity index (χ1v) is 8.32. The Hall–Kier alpha value is -1.51. The Morgan fingerprint density at radius 1 is 1.29 bits per heavy atom. The first-order chi connectivity index (χ1) is 10.2. The third kappa shape index (κ3) is 4.23. The fraction of sp³-hybridized carbons (Fsp3) is 0.611. The van der Waals surface area contributed by atoms with E-state index in [0.717, 1.165) is 43.6 Å². The average molecular weight is 288 g/mol. The molecule has 0 saturated heterocycles. The molecule has 0 atom stereocenters. The summed E-state index contributed by atoms with van der Waals surface area (Å²) in [6.45, 7) is 8.18. The molecule has 1 aromatic rings. The lowest BCUT2D eigenvalue weighted by Gasteiger charge is -2.24. The maximum atomic E-state index is 12.9. The molecule has 0 radical (unpaired) electrons. The first-order valence-electron chi connectivity index (χ1n) is 8.32. The zero-order valence-corrected chi connectivity index (χ0v) is 13.6. The van der Waals surface area contributed by atoms with Crippen molar-refractivity contribution in [3.63, 3.8) is 0 Å². The molecule has 1 aromatic carbocycles. The van der Waals surface area contributed by atoms with Crippen molar-refractivity contribution in [2.75, 3.05) is 18.4 Å². The summed E-state index contributed by atoms with van der Waals surface area (Å²) >= 11 is 0. The third-order valence-corrected chi connectivity index (χ3v) is 3.97. The van der Waals surface area contributed by atoms with Gasteiger partial charge >= 0.3 is 0 Å². The Kier molecular flexibility index (Phi) is 5.66. The summed E-state index contributed by atoms with van der Waals surface area (Å²) < 4.78 is 0. The highest BCUT2D eigenvalue weighted by atomic mass is 16.2. The van der Waals surface area contributed by atoms with Crippen LogP contribution in [0.15, 0.2) is 18.2 Å². The van der Waals surface area contributed by atoms with Crippen LogP contribution in [-0.2, 0) is 0 Å². The van der Waals surface area contributed by atoms with Crippen molar-refractivity contribution in [2.45, 2.75) is 58.9 Å². The van der Waals surface area contributed by atoms with E-state index >= 15 is 0 Å². The monoisotopic (exact) mass is 288 g/mol. The number of hydrogen-bond acceptors (Lipinski definition) is 2. The molecule has 1 amide bonds. The number of benzene rings is 1. The smallest absolute Gasteiger partial charge is 0.256 e. The van der Waals surface area contributed by atoms with Crippen molar-refractivity contribution >= 4 is 11.6 Å². The molecule has 3 heteroatoms.